The van der Waals surface area contributed by atoms with Crippen LogP contribution in [0.5, 0.6) is 5.75 Å². The first-order chi connectivity index (χ1) is 9.43. The third-order valence-corrected chi connectivity index (χ3v) is 3.13. The van der Waals surface area contributed by atoms with Gasteiger partial charge in [0.05, 0.1) is 11.0 Å². The molecule has 0 aromatic heterocycles. The maximum atomic E-state index is 13.7. The highest BCUT2D eigenvalue weighted by Crippen LogP contribution is 2.32. The van der Waals surface area contributed by atoms with E-state index in [-0.39, 0.29) is 11.8 Å². The first kappa shape index (κ1) is 14.6. The highest BCUT2D eigenvalue weighted by Gasteiger charge is 2.42. The van der Waals surface area contributed by atoms with Crippen molar-refractivity contribution in [3.63, 3.8) is 0 Å². The standard InChI is InChI=1S/C12H14F2N2O4/c1-2-19-12-8(15)5-11(12)20-10-4-6(13)9(16(17)18)3-7(10)14/h3-4,8,11-12H,2,5,15H2,1H3. The normalized spacial score (nSPS) is 25.1. The van der Waals surface area contributed by atoms with Crippen LogP contribution in [0.15, 0.2) is 12.1 Å². The minimum Gasteiger partial charge on any atom is -0.484 e. The predicted molar refractivity (Wildman–Crippen MR) is 65.4 cm³/mol. The lowest BCUT2D eigenvalue weighted by molar-refractivity contribution is -0.387. The van der Waals surface area contributed by atoms with Gasteiger partial charge in [-0.2, -0.15) is 4.39 Å². The summed E-state index contributed by atoms with van der Waals surface area (Å²) >= 11 is 0. The Morgan fingerprint density at radius 2 is 2.15 bits per heavy atom. The molecule has 2 rings (SSSR count). The zero-order valence-electron chi connectivity index (χ0n) is 10.7. The number of rotatable bonds is 5. The summed E-state index contributed by atoms with van der Waals surface area (Å²) in [7, 11) is 0. The van der Waals surface area contributed by atoms with Crippen LogP contribution in [0.25, 0.3) is 0 Å². The van der Waals surface area contributed by atoms with E-state index in [1.54, 1.807) is 6.92 Å². The third kappa shape index (κ3) is 2.70. The Bertz CT molecular complexity index is 526. The van der Waals surface area contributed by atoms with E-state index in [1.165, 1.54) is 0 Å². The van der Waals surface area contributed by atoms with Gasteiger partial charge < -0.3 is 15.2 Å². The van der Waals surface area contributed by atoms with E-state index in [2.05, 4.69) is 0 Å². The molecule has 1 aromatic carbocycles. The second-order valence-electron chi connectivity index (χ2n) is 4.47. The van der Waals surface area contributed by atoms with Gasteiger partial charge in [-0.25, -0.2) is 4.39 Å². The Balaban J connectivity index is 2.14. The molecule has 20 heavy (non-hydrogen) atoms. The molecule has 110 valence electrons. The number of hydrogen-bond acceptors (Lipinski definition) is 5. The molecule has 3 atom stereocenters. The van der Waals surface area contributed by atoms with Crippen molar-refractivity contribution in [2.24, 2.45) is 5.73 Å². The third-order valence-electron chi connectivity index (χ3n) is 3.13. The number of nitrogens with zero attached hydrogens (tertiary/aromatic N) is 1. The average molecular weight is 288 g/mol. The van der Waals surface area contributed by atoms with Gasteiger partial charge in [0.1, 0.15) is 12.2 Å². The molecule has 1 aromatic rings. The van der Waals surface area contributed by atoms with Crippen LogP contribution in [-0.4, -0.2) is 29.8 Å². The van der Waals surface area contributed by atoms with E-state index in [0.717, 1.165) is 0 Å². The van der Waals surface area contributed by atoms with Crippen LogP contribution in [0.2, 0.25) is 0 Å². The van der Waals surface area contributed by atoms with Crippen LogP contribution >= 0.6 is 0 Å². The van der Waals surface area contributed by atoms with E-state index in [4.69, 9.17) is 15.2 Å². The molecule has 1 saturated carbocycles. The molecule has 1 aliphatic rings. The SMILES string of the molecule is CCOC1C(N)CC1Oc1cc(F)c([N+](=O)[O-])cc1F. The molecule has 0 spiro atoms. The smallest absolute Gasteiger partial charge is 0.307 e. The van der Waals surface area contributed by atoms with E-state index in [9.17, 15) is 18.9 Å². The van der Waals surface area contributed by atoms with E-state index >= 15 is 0 Å². The number of nitro benzene ring substituents is 1. The van der Waals surface area contributed by atoms with Crippen molar-refractivity contribution < 1.29 is 23.2 Å². The highest BCUT2D eigenvalue weighted by atomic mass is 19.1. The first-order valence-corrected chi connectivity index (χ1v) is 6.11. The Hall–Kier alpha value is -1.80. The van der Waals surface area contributed by atoms with Gasteiger partial charge >= 0.3 is 5.69 Å². The summed E-state index contributed by atoms with van der Waals surface area (Å²) < 4.78 is 37.7. The summed E-state index contributed by atoms with van der Waals surface area (Å²) in [6, 6.07) is 0.949. The summed E-state index contributed by atoms with van der Waals surface area (Å²) in [6.45, 7) is 2.21. The van der Waals surface area contributed by atoms with E-state index in [0.29, 0.717) is 25.2 Å². The maximum Gasteiger partial charge on any atom is 0.307 e. The minimum absolute atomic E-state index is 0.217. The van der Waals surface area contributed by atoms with Gasteiger partial charge in [-0.05, 0) is 6.92 Å². The van der Waals surface area contributed by atoms with Crippen molar-refractivity contribution in [2.45, 2.75) is 31.6 Å². The highest BCUT2D eigenvalue weighted by molar-refractivity contribution is 5.39. The number of ether oxygens (including phenoxy) is 2. The van der Waals surface area contributed by atoms with Crippen LogP contribution in [-0.2, 0) is 4.74 Å². The monoisotopic (exact) mass is 288 g/mol. The van der Waals surface area contributed by atoms with Crippen LogP contribution in [0.3, 0.4) is 0 Å². The van der Waals surface area contributed by atoms with Crippen LogP contribution < -0.4 is 10.5 Å². The van der Waals surface area contributed by atoms with Crippen molar-refractivity contribution >= 4 is 5.69 Å². The van der Waals surface area contributed by atoms with E-state index < -0.39 is 34.5 Å². The zero-order valence-corrected chi connectivity index (χ0v) is 10.7. The lowest BCUT2D eigenvalue weighted by Gasteiger charge is -2.41. The molecule has 0 heterocycles. The number of benzene rings is 1. The van der Waals surface area contributed by atoms with Crippen LogP contribution in [0, 0.1) is 21.7 Å². The van der Waals surface area contributed by atoms with Crippen LogP contribution in [0.4, 0.5) is 14.5 Å². The fourth-order valence-corrected chi connectivity index (χ4v) is 2.07. The topological polar surface area (TPSA) is 87.6 Å². The number of nitro groups is 1. The Morgan fingerprint density at radius 1 is 1.45 bits per heavy atom. The molecule has 6 nitrogen and oxygen atoms in total. The van der Waals surface area contributed by atoms with Gasteiger partial charge in [-0.3, -0.25) is 10.1 Å². The Morgan fingerprint density at radius 3 is 2.70 bits per heavy atom. The molecule has 0 aliphatic heterocycles. The van der Waals surface area contributed by atoms with Gasteiger partial charge in [-0.1, -0.05) is 0 Å². The van der Waals surface area contributed by atoms with Gasteiger partial charge in [-0.15, -0.1) is 0 Å². The molecular weight excluding hydrogens is 274 g/mol. The van der Waals surface area contributed by atoms with Gasteiger partial charge in [0.15, 0.2) is 11.6 Å². The summed E-state index contributed by atoms with van der Waals surface area (Å²) in [6.07, 6.45) is -0.430. The summed E-state index contributed by atoms with van der Waals surface area (Å²) in [5, 5.41) is 10.5. The molecule has 0 saturated heterocycles. The average Bonchev–Trinajstić information content (AvgIpc) is 2.38. The van der Waals surface area contributed by atoms with Gasteiger partial charge in [0, 0.05) is 25.1 Å². The van der Waals surface area contributed by atoms with Gasteiger partial charge in [0.25, 0.3) is 0 Å². The first-order valence-electron chi connectivity index (χ1n) is 6.11. The lowest BCUT2D eigenvalue weighted by Crippen LogP contribution is -2.59. The summed E-state index contributed by atoms with van der Waals surface area (Å²) in [4.78, 5) is 9.48. The lowest BCUT2D eigenvalue weighted by atomic mass is 9.86. The second kappa shape index (κ2) is 5.68. The molecule has 1 aliphatic carbocycles. The molecule has 3 unspecified atom stereocenters. The number of hydrogen-bond donors (Lipinski definition) is 1. The Kier molecular flexibility index (Phi) is 4.15. The molecular formula is C12H14F2N2O4. The maximum absolute atomic E-state index is 13.7. The second-order valence-corrected chi connectivity index (χ2v) is 4.47. The Labute approximate surface area is 113 Å². The quantitative estimate of drug-likeness (QED) is 0.659. The molecule has 0 radical (unpaired) electrons. The summed E-state index contributed by atoms with van der Waals surface area (Å²) in [5.74, 6) is -2.52. The van der Waals surface area contributed by atoms with Crippen molar-refractivity contribution in [2.75, 3.05) is 6.61 Å². The minimum atomic E-state index is -1.15. The van der Waals surface area contributed by atoms with Crippen molar-refractivity contribution in [3.05, 3.63) is 33.9 Å². The predicted octanol–water partition coefficient (Wildman–Crippen LogP) is 1.76. The molecule has 8 heteroatoms. The van der Waals surface area contributed by atoms with Crippen molar-refractivity contribution in [1.82, 2.24) is 0 Å². The summed E-state index contributed by atoms with van der Waals surface area (Å²) in [5.41, 5.74) is 4.79. The van der Waals surface area contributed by atoms with E-state index in [1.807, 2.05) is 0 Å². The van der Waals surface area contributed by atoms with Crippen molar-refractivity contribution in [3.8, 4) is 5.75 Å². The molecule has 2 N–H and O–H groups in total. The molecule has 0 amide bonds. The largest absolute Gasteiger partial charge is 0.484 e. The van der Waals surface area contributed by atoms with Crippen LogP contribution in [0.1, 0.15) is 13.3 Å². The zero-order chi connectivity index (χ0) is 14.9. The fraction of sp³-hybridized carbons (Fsp3) is 0.500. The number of nitrogens with two attached hydrogens (primary N) is 1. The number of halogens is 2. The molecule has 0 bridgehead atoms. The molecule has 1 fully saturated rings. The van der Waals surface area contributed by atoms with Crippen molar-refractivity contribution in [1.29, 1.82) is 0 Å². The fourth-order valence-electron chi connectivity index (χ4n) is 2.07. The van der Waals surface area contributed by atoms with Gasteiger partial charge in [0.2, 0.25) is 5.82 Å².